The summed E-state index contributed by atoms with van der Waals surface area (Å²) in [4.78, 5) is 0. The Labute approximate surface area is 86.7 Å². The van der Waals surface area contributed by atoms with Crippen LogP contribution in [0.15, 0.2) is 18.2 Å². The highest BCUT2D eigenvalue weighted by Gasteiger charge is 2.36. The molecule has 0 spiro atoms. The molecule has 1 aromatic carbocycles. The lowest BCUT2D eigenvalue weighted by Gasteiger charge is -2.23. The van der Waals surface area contributed by atoms with Gasteiger partial charge in [-0.1, -0.05) is 17.7 Å². The molecule has 2 rings (SSSR count). The molecule has 2 N–H and O–H groups in total. The van der Waals surface area contributed by atoms with Crippen LogP contribution in [0.25, 0.3) is 0 Å². The Balaban J connectivity index is 2.49. The topological polar surface area (TPSA) is 32.3 Å². The van der Waals surface area contributed by atoms with Crippen LogP contribution in [0.1, 0.15) is 12.0 Å². The largest absolute Gasteiger partial charge is 0.384 e. The Kier molecular flexibility index (Phi) is 2.47. The quantitative estimate of drug-likeness (QED) is 0.747. The Morgan fingerprint density at radius 3 is 2.86 bits per heavy atom. The molecule has 1 saturated heterocycles. The Hall–Kier alpha value is -0.640. The van der Waals surface area contributed by atoms with Gasteiger partial charge in [-0.05, 0) is 25.1 Å². The second kappa shape index (κ2) is 3.50. The highest BCUT2D eigenvalue weighted by Crippen LogP contribution is 2.34. The summed E-state index contributed by atoms with van der Waals surface area (Å²) in [5, 5.41) is 13.4. The van der Waals surface area contributed by atoms with Gasteiger partial charge in [-0.15, -0.1) is 0 Å². The normalized spacial score (nSPS) is 26.8. The summed E-state index contributed by atoms with van der Waals surface area (Å²) in [6.07, 6.45) is 0.494. The molecule has 1 unspecified atom stereocenters. The van der Waals surface area contributed by atoms with Gasteiger partial charge in [0.15, 0.2) is 0 Å². The third-order valence-corrected chi connectivity index (χ3v) is 2.88. The van der Waals surface area contributed by atoms with Crippen LogP contribution < -0.4 is 5.32 Å². The first-order valence-electron chi connectivity index (χ1n) is 4.51. The van der Waals surface area contributed by atoms with Gasteiger partial charge in [-0.2, -0.15) is 0 Å². The van der Waals surface area contributed by atoms with Gasteiger partial charge in [0.1, 0.15) is 11.4 Å². The third kappa shape index (κ3) is 1.52. The number of aliphatic hydroxyl groups is 1. The zero-order chi connectivity index (χ0) is 10.2. The summed E-state index contributed by atoms with van der Waals surface area (Å²) in [6, 6.07) is 4.45. The minimum Gasteiger partial charge on any atom is -0.384 e. The Morgan fingerprint density at radius 2 is 2.29 bits per heavy atom. The minimum absolute atomic E-state index is 0.215. The zero-order valence-electron chi connectivity index (χ0n) is 7.56. The number of β-amino-alcohol motifs (C(OH)–C–C–N with tert-alkyl or cyclic N) is 1. The van der Waals surface area contributed by atoms with E-state index < -0.39 is 11.4 Å². The second-order valence-corrected chi connectivity index (χ2v) is 3.96. The molecule has 1 fully saturated rings. The average Bonchev–Trinajstić information content (AvgIpc) is 2.52. The molecule has 0 amide bonds. The van der Waals surface area contributed by atoms with Crippen molar-refractivity contribution in [1.29, 1.82) is 0 Å². The van der Waals surface area contributed by atoms with Crippen LogP contribution in [0.2, 0.25) is 5.02 Å². The van der Waals surface area contributed by atoms with Gasteiger partial charge in [-0.25, -0.2) is 4.39 Å². The highest BCUT2D eigenvalue weighted by atomic mass is 35.5. The maximum absolute atomic E-state index is 13.5. The first kappa shape index (κ1) is 9.90. The molecule has 0 bridgehead atoms. The van der Waals surface area contributed by atoms with E-state index >= 15 is 0 Å². The number of benzene rings is 1. The standard InChI is InChI=1S/C10H11ClFNO/c11-7-2-1-3-8(12)9(7)10(14)4-5-13-6-10/h1-3,13-14H,4-6H2. The molecule has 1 aliphatic heterocycles. The van der Waals surface area contributed by atoms with Crippen molar-refractivity contribution in [3.8, 4) is 0 Å². The summed E-state index contributed by atoms with van der Waals surface area (Å²) in [6.45, 7) is 1.04. The molecule has 1 aliphatic rings. The van der Waals surface area contributed by atoms with E-state index in [-0.39, 0.29) is 10.6 Å². The summed E-state index contributed by atoms with van der Waals surface area (Å²) in [5.41, 5.74) is -0.936. The molecular weight excluding hydrogens is 205 g/mol. The van der Waals surface area contributed by atoms with Gasteiger partial charge in [0.05, 0.1) is 0 Å². The SMILES string of the molecule is OC1(c2c(F)cccc2Cl)CCNC1. The van der Waals surface area contributed by atoms with E-state index in [1.165, 1.54) is 12.1 Å². The lowest BCUT2D eigenvalue weighted by molar-refractivity contribution is 0.0550. The Morgan fingerprint density at radius 1 is 1.50 bits per heavy atom. The molecule has 2 nitrogen and oxygen atoms in total. The Bertz CT molecular complexity index is 330. The number of rotatable bonds is 1. The molecule has 1 aromatic rings. The van der Waals surface area contributed by atoms with Crippen LogP contribution in [-0.4, -0.2) is 18.2 Å². The molecule has 1 atom stereocenters. The lowest BCUT2D eigenvalue weighted by atomic mass is 9.92. The molecule has 0 radical (unpaired) electrons. The van der Waals surface area contributed by atoms with Crippen LogP contribution >= 0.6 is 11.6 Å². The molecule has 0 aromatic heterocycles. The first-order chi connectivity index (χ1) is 6.63. The van der Waals surface area contributed by atoms with Crippen molar-refractivity contribution in [2.24, 2.45) is 0 Å². The summed E-state index contributed by atoms with van der Waals surface area (Å²) in [7, 11) is 0. The minimum atomic E-state index is -1.15. The predicted octanol–water partition coefficient (Wildman–Crippen LogP) is 1.66. The molecule has 14 heavy (non-hydrogen) atoms. The highest BCUT2D eigenvalue weighted by molar-refractivity contribution is 6.31. The summed E-state index contributed by atoms with van der Waals surface area (Å²) < 4.78 is 13.5. The third-order valence-electron chi connectivity index (χ3n) is 2.56. The van der Waals surface area contributed by atoms with Crippen molar-refractivity contribution in [3.63, 3.8) is 0 Å². The fourth-order valence-electron chi connectivity index (χ4n) is 1.83. The number of nitrogens with one attached hydrogen (secondary N) is 1. The van der Waals surface area contributed by atoms with Crippen molar-refractivity contribution in [1.82, 2.24) is 5.32 Å². The van der Waals surface area contributed by atoms with Crippen LogP contribution in [0, 0.1) is 5.82 Å². The van der Waals surface area contributed by atoms with Gasteiger partial charge in [-0.3, -0.25) is 0 Å². The molecule has 0 saturated carbocycles. The molecule has 76 valence electrons. The first-order valence-corrected chi connectivity index (χ1v) is 4.89. The van der Waals surface area contributed by atoms with Crippen LogP contribution in [0.3, 0.4) is 0 Å². The van der Waals surface area contributed by atoms with Crippen molar-refractivity contribution in [2.75, 3.05) is 13.1 Å². The van der Waals surface area contributed by atoms with E-state index in [2.05, 4.69) is 5.32 Å². The second-order valence-electron chi connectivity index (χ2n) is 3.56. The fourth-order valence-corrected chi connectivity index (χ4v) is 2.17. The fraction of sp³-hybridized carbons (Fsp3) is 0.400. The van der Waals surface area contributed by atoms with E-state index in [9.17, 15) is 9.50 Å². The number of hydrogen-bond donors (Lipinski definition) is 2. The lowest BCUT2D eigenvalue weighted by Crippen LogP contribution is -2.29. The van der Waals surface area contributed by atoms with E-state index in [1.807, 2.05) is 0 Å². The zero-order valence-corrected chi connectivity index (χ0v) is 8.31. The van der Waals surface area contributed by atoms with Crippen molar-refractivity contribution in [2.45, 2.75) is 12.0 Å². The van der Waals surface area contributed by atoms with E-state index in [0.29, 0.717) is 19.5 Å². The maximum Gasteiger partial charge on any atom is 0.130 e. The van der Waals surface area contributed by atoms with Crippen molar-refractivity contribution >= 4 is 11.6 Å². The van der Waals surface area contributed by atoms with E-state index in [4.69, 9.17) is 11.6 Å². The van der Waals surface area contributed by atoms with Gasteiger partial charge >= 0.3 is 0 Å². The van der Waals surface area contributed by atoms with E-state index in [0.717, 1.165) is 0 Å². The smallest absolute Gasteiger partial charge is 0.130 e. The monoisotopic (exact) mass is 215 g/mol. The number of halogens is 2. The van der Waals surface area contributed by atoms with Crippen molar-refractivity contribution < 1.29 is 9.50 Å². The van der Waals surface area contributed by atoms with Gasteiger partial charge in [0.2, 0.25) is 0 Å². The van der Waals surface area contributed by atoms with Crippen LogP contribution in [0.5, 0.6) is 0 Å². The maximum atomic E-state index is 13.5. The summed E-state index contributed by atoms with van der Waals surface area (Å²) >= 11 is 5.87. The molecular formula is C10H11ClFNO. The number of hydrogen-bond acceptors (Lipinski definition) is 2. The summed E-state index contributed by atoms with van der Waals surface area (Å²) in [5.74, 6) is -0.441. The van der Waals surface area contributed by atoms with Gasteiger partial charge in [0.25, 0.3) is 0 Å². The van der Waals surface area contributed by atoms with E-state index in [1.54, 1.807) is 6.07 Å². The average molecular weight is 216 g/mol. The van der Waals surface area contributed by atoms with Crippen LogP contribution in [0.4, 0.5) is 4.39 Å². The van der Waals surface area contributed by atoms with Crippen LogP contribution in [-0.2, 0) is 5.60 Å². The van der Waals surface area contributed by atoms with Crippen molar-refractivity contribution in [3.05, 3.63) is 34.6 Å². The van der Waals surface area contributed by atoms with Gasteiger partial charge < -0.3 is 10.4 Å². The van der Waals surface area contributed by atoms with Gasteiger partial charge in [0, 0.05) is 17.1 Å². The molecule has 4 heteroatoms. The molecule has 1 heterocycles. The predicted molar refractivity (Wildman–Crippen MR) is 52.8 cm³/mol. The molecule has 0 aliphatic carbocycles.